The number of unbranched alkanes of at least 4 members (excludes halogenated alkanes) is 5. The second-order valence-corrected chi connectivity index (χ2v) is 8.80. The molecule has 0 heterocycles. The van der Waals surface area contributed by atoms with E-state index in [1.54, 1.807) is 0 Å². The minimum atomic E-state index is -1.74. The molecule has 3 N–H and O–H groups in total. The minimum Gasteiger partial charge on any atom is -0.339 e. The Morgan fingerprint density at radius 1 is 1.04 bits per heavy atom. The van der Waals surface area contributed by atoms with E-state index in [2.05, 4.69) is 22.9 Å². The normalized spacial score (nSPS) is 12.3. The number of rotatable bonds is 10. The summed E-state index contributed by atoms with van der Waals surface area (Å²) in [4.78, 5) is 12.1. The van der Waals surface area contributed by atoms with Gasteiger partial charge in [-0.3, -0.25) is 4.79 Å². The Morgan fingerprint density at radius 3 is 2.27 bits per heavy atom. The maximum absolute atomic E-state index is 12.1. The Bertz CT molecular complexity index is 552. The number of hydrogen-bond donors (Lipinski definition) is 3. The Balaban J connectivity index is 2.43. The molecule has 8 heteroatoms. The Hall–Kier alpha value is -0.750. The highest BCUT2D eigenvalue weighted by molar-refractivity contribution is 7.80. The van der Waals surface area contributed by atoms with Gasteiger partial charge in [0.05, 0.1) is 0 Å². The van der Waals surface area contributed by atoms with Crippen LogP contribution in [0, 0.1) is 0 Å². The van der Waals surface area contributed by atoms with E-state index in [1.165, 1.54) is 19.3 Å². The van der Waals surface area contributed by atoms with Crippen LogP contribution in [0.5, 0.6) is 0 Å². The molecular weight excluding hydrogens is 413 g/mol. The molecule has 0 aliphatic carbocycles. The number of anilines is 1. The molecule has 1 aromatic carbocycles. The Morgan fingerprint density at radius 2 is 1.65 bits per heavy atom. The van der Waals surface area contributed by atoms with E-state index in [0.717, 1.165) is 24.9 Å². The van der Waals surface area contributed by atoms with Crippen molar-refractivity contribution in [1.82, 2.24) is 10.6 Å². The van der Waals surface area contributed by atoms with Crippen molar-refractivity contribution in [2.45, 2.75) is 61.8 Å². The van der Waals surface area contributed by atoms with Gasteiger partial charge in [-0.05, 0) is 30.8 Å². The fraction of sp³-hybridized carbons (Fsp3) is 0.556. The van der Waals surface area contributed by atoms with Crippen LogP contribution in [0.15, 0.2) is 30.3 Å². The van der Waals surface area contributed by atoms with E-state index < -0.39 is 9.96 Å². The molecule has 26 heavy (non-hydrogen) atoms. The fourth-order valence-electron chi connectivity index (χ4n) is 2.32. The summed E-state index contributed by atoms with van der Waals surface area (Å²) in [6, 6.07) is 9.36. The van der Waals surface area contributed by atoms with Crippen LogP contribution in [-0.2, 0) is 4.79 Å². The summed E-state index contributed by atoms with van der Waals surface area (Å²) in [5, 5.41) is 8.79. The molecular formula is C18H26Cl3N3OS. The zero-order chi connectivity index (χ0) is 19.4. The maximum Gasteiger partial charge on any atom is 0.228 e. The van der Waals surface area contributed by atoms with Crippen LogP contribution >= 0.6 is 47.0 Å². The molecule has 1 amide bonds. The second kappa shape index (κ2) is 12.6. The molecule has 0 aliphatic heterocycles. The number of carbonyl (C=O) groups is 1. The van der Waals surface area contributed by atoms with Crippen LogP contribution in [0.2, 0.25) is 0 Å². The van der Waals surface area contributed by atoms with Crippen molar-refractivity contribution in [2.75, 3.05) is 5.32 Å². The molecule has 0 unspecified atom stereocenters. The lowest BCUT2D eigenvalue weighted by Crippen LogP contribution is -2.56. The van der Waals surface area contributed by atoms with E-state index in [9.17, 15) is 4.79 Å². The molecule has 0 spiro atoms. The number of thiocarbonyl (C=S) groups is 1. The molecule has 0 bridgehead atoms. The van der Waals surface area contributed by atoms with Gasteiger partial charge in [-0.2, -0.15) is 0 Å². The van der Waals surface area contributed by atoms with Gasteiger partial charge in [0, 0.05) is 12.1 Å². The minimum absolute atomic E-state index is 0.174. The number of nitrogens with one attached hydrogen (secondary N) is 3. The first-order valence-corrected chi connectivity index (χ1v) is 10.4. The summed E-state index contributed by atoms with van der Waals surface area (Å²) < 4.78 is -1.74. The van der Waals surface area contributed by atoms with E-state index in [0.29, 0.717) is 6.42 Å². The Labute approximate surface area is 176 Å². The van der Waals surface area contributed by atoms with Crippen LogP contribution in [0.25, 0.3) is 0 Å². The maximum atomic E-state index is 12.1. The highest BCUT2D eigenvalue weighted by Crippen LogP contribution is 2.29. The van der Waals surface area contributed by atoms with Crippen molar-refractivity contribution in [1.29, 1.82) is 0 Å². The van der Waals surface area contributed by atoms with Crippen molar-refractivity contribution in [3.05, 3.63) is 30.3 Å². The zero-order valence-electron chi connectivity index (χ0n) is 14.9. The SMILES string of the molecule is CCCCCCCCC(=O)N[C@H](NC(=S)Nc1ccccc1)C(Cl)(Cl)Cl. The van der Waals surface area contributed by atoms with Crippen molar-refractivity contribution < 1.29 is 4.79 Å². The van der Waals surface area contributed by atoms with Gasteiger partial charge >= 0.3 is 0 Å². The lowest BCUT2D eigenvalue weighted by atomic mass is 10.1. The first-order valence-electron chi connectivity index (χ1n) is 8.81. The summed E-state index contributed by atoms with van der Waals surface area (Å²) in [6.07, 6.45) is 6.08. The molecule has 4 nitrogen and oxygen atoms in total. The first kappa shape index (κ1) is 23.3. The van der Waals surface area contributed by atoms with E-state index >= 15 is 0 Å². The average molecular weight is 439 g/mol. The smallest absolute Gasteiger partial charge is 0.228 e. The molecule has 146 valence electrons. The highest BCUT2D eigenvalue weighted by atomic mass is 35.6. The van der Waals surface area contributed by atoms with E-state index in [4.69, 9.17) is 47.0 Å². The molecule has 0 aromatic heterocycles. The van der Waals surface area contributed by atoms with Gasteiger partial charge in [0.25, 0.3) is 0 Å². The van der Waals surface area contributed by atoms with Gasteiger partial charge in [-0.15, -0.1) is 0 Å². The fourth-order valence-corrected chi connectivity index (χ4v) is 2.88. The van der Waals surface area contributed by atoms with Gasteiger partial charge in [0.1, 0.15) is 6.17 Å². The van der Waals surface area contributed by atoms with Gasteiger partial charge in [-0.25, -0.2) is 0 Å². The second-order valence-electron chi connectivity index (χ2n) is 6.02. The number of para-hydroxylation sites is 1. The molecule has 1 aromatic rings. The van der Waals surface area contributed by atoms with Gasteiger partial charge < -0.3 is 16.0 Å². The van der Waals surface area contributed by atoms with E-state index in [1.807, 2.05) is 30.3 Å². The summed E-state index contributed by atoms with van der Waals surface area (Å²) in [5.41, 5.74) is 0.798. The summed E-state index contributed by atoms with van der Waals surface area (Å²) >= 11 is 23.2. The third kappa shape index (κ3) is 10.4. The quantitative estimate of drug-likeness (QED) is 0.194. The summed E-state index contributed by atoms with van der Waals surface area (Å²) in [6.45, 7) is 2.17. The van der Waals surface area contributed by atoms with Crippen LogP contribution in [0.3, 0.4) is 0 Å². The number of halogens is 3. The lowest BCUT2D eigenvalue weighted by Gasteiger charge is -2.27. The number of alkyl halides is 3. The summed E-state index contributed by atoms with van der Waals surface area (Å²) in [5.74, 6) is -0.174. The lowest BCUT2D eigenvalue weighted by molar-refractivity contribution is -0.122. The molecule has 0 radical (unpaired) electrons. The molecule has 1 rings (SSSR count). The van der Waals surface area contributed by atoms with Crippen molar-refractivity contribution in [3.63, 3.8) is 0 Å². The predicted octanol–water partition coefficient (Wildman–Crippen LogP) is 5.54. The van der Waals surface area contributed by atoms with Gasteiger partial charge in [0.2, 0.25) is 9.70 Å². The van der Waals surface area contributed by atoms with E-state index in [-0.39, 0.29) is 11.0 Å². The standard InChI is InChI=1S/C18H26Cl3N3OS/c1-2-3-4-5-6-10-13-15(25)23-16(18(19,20)21)24-17(26)22-14-11-8-7-9-12-14/h7-9,11-12,16H,2-6,10,13H2,1H3,(H,23,25)(H2,22,24,26)/t16-/m1/s1. The third-order valence-electron chi connectivity index (χ3n) is 3.70. The first-order chi connectivity index (χ1) is 12.3. The summed E-state index contributed by atoms with van der Waals surface area (Å²) in [7, 11) is 0. The number of amides is 1. The molecule has 0 saturated carbocycles. The van der Waals surface area contributed by atoms with Gasteiger partial charge in [-0.1, -0.05) is 92.0 Å². The van der Waals surface area contributed by atoms with Crippen molar-refractivity contribution in [3.8, 4) is 0 Å². The zero-order valence-corrected chi connectivity index (χ0v) is 17.9. The molecule has 0 aliphatic rings. The largest absolute Gasteiger partial charge is 0.339 e. The topological polar surface area (TPSA) is 53.2 Å². The van der Waals surface area contributed by atoms with Crippen LogP contribution in [0.1, 0.15) is 51.9 Å². The van der Waals surface area contributed by atoms with Crippen molar-refractivity contribution >= 4 is 63.7 Å². The molecule has 0 saturated heterocycles. The van der Waals surface area contributed by atoms with Crippen molar-refractivity contribution in [2.24, 2.45) is 0 Å². The molecule has 0 fully saturated rings. The monoisotopic (exact) mass is 437 g/mol. The average Bonchev–Trinajstić information content (AvgIpc) is 2.57. The highest BCUT2D eigenvalue weighted by Gasteiger charge is 2.34. The number of benzene rings is 1. The molecule has 1 atom stereocenters. The van der Waals surface area contributed by atoms with Gasteiger partial charge in [0.15, 0.2) is 5.11 Å². The number of hydrogen-bond acceptors (Lipinski definition) is 2. The van der Waals surface area contributed by atoms with Crippen LogP contribution in [-0.4, -0.2) is 21.0 Å². The van der Waals surface area contributed by atoms with Crippen LogP contribution in [0.4, 0.5) is 5.69 Å². The third-order valence-corrected chi connectivity index (χ3v) is 4.57. The predicted molar refractivity (Wildman–Crippen MR) is 116 cm³/mol. The Kier molecular flexibility index (Phi) is 11.3. The number of carbonyl (C=O) groups excluding carboxylic acids is 1. The van der Waals surface area contributed by atoms with Crippen LogP contribution < -0.4 is 16.0 Å².